The van der Waals surface area contributed by atoms with E-state index in [4.69, 9.17) is 4.74 Å². The molecule has 1 aromatic carbocycles. The van der Waals surface area contributed by atoms with Gasteiger partial charge in [0, 0.05) is 6.07 Å². The summed E-state index contributed by atoms with van der Waals surface area (Å²) < 4.78 is 5.14. The number of H-pyrrole nitrogens is 2. The molecule has 0 aliphatic carbocycles. The van der Waals surface area contributed by atoms with Gasteiger partial charge < -0.3 is 4.74 Å². The van der Waals surface area contributed by atoms with Gasteiger partial charge in [-0.2, -0.15) is 0 Å². The summed E-state index contributed by atoms with van der Waals surface area (Å²) in [4.78, 5) is 22.8. The summed E-state index contributed by atoms with van der Waals surface area (Å²) in [5.41, 5.74) is 1.28. The van der Waals surface area contributed by atoms with Crippen LogP contribution in [0, 0.1) is 6.92 Å². The van der Waals surface area contributed by atoms with Gasteiger partial charge in [-0.15, -0.1) is 0 Å². The van der Waals surface area contributed by atoms with E-state index in [0.717, 1.165) is 11.3 Å². The molecule has 1 heterocycles. The summed E-state index contributed by atoms with van der Waals surface area (Å²) in [6.45, 7) is 1.88. The Bertz CT molecular complexity index is 655. The molecule has 0 bridgehead atoms. The summed E-state index contributed by atoms with van der Waals surface area (Å²) in [5, 5.41) is 4.52. The van der Waals surface area contributed by atoms with Crippen molar-refractivity contribution in [1.82, 2.24) is 10.2 Å². The van der Waals surface area contributed by atoms with Crippen LogP contribution < -0.4 is 15.9 Å². The molecule has 88 valence electrons. The number of hydrogen-bond acceptors (Lipinski definition) is 3. The van der Waals surface area contributed by atoms with Crippen LogP contribution in [0.2, 0.25) is 0 Å². The highest BCUT2D eigenvalue weighted by Crippen LogP contribution is 2.23. The first kappa shape index (κ1) is 11.2. The number of rotatable bonds is 2. The van der Waals surface area contributed by atoms with Gasteiger partial charge in [0.2, 0.25) is 0 Å². The lowest BCUT2D eigenvalue weighted by molar-refractivity contribution is 0.412. The van der Waals surface area contributed by atoms with Gasteiger partial charge >= 0.3 is 0 Å². The van der Waals surface area contributed by atoms with E-state index in [-0.39, 0.29) is 11.1 Å². The number of benzene rings is 1. The monoisotopic (exact) mass is 232 g/mol. The molecule has 0 amide bonds. The maximum Gasteiger partial charge on any atom is 0.270 e. The zero-order valence-electron chi connectivity index (χ0n) is 9.53. The highest BCUT2D eigenvalue weighted by atomic mass is 16.5. The highest BCUT2D eigenvalue weighted by molar-refractivity contribution is 5.64. The normalized spacial score (nSPS) is 10.2. The first-order valence-electron chi connectivity index (χ1n) is 5.09. The Morgan fingerprint density at radius 3 is 2.53 bits per heavy atom. The standard InChI is InChI=1S/C12H12N2O3/c1-7-5-8(3-4-10(7)17-2)9-6-11(15)13-14-12(9)16/h3-6H,1-2H3,(H,13,15)(H,14,16). The predicted molar refractivity (Wildman–Crippen MR) is 64.4 cm³/mol. The molecule has 0 aliphatic heterocycles. The van der Waals surface area contributed by atoms with Crippen LogP contribution in [0.3, 0.4) is 0 Å². The van der Waals surface area contributed by atoms with Crippen molar-refractivity contribution in [2.75, 3.05) is 7.11 Å². The number of hydrogen-bond donors (Lipinski definition) is 2. The average molecular weight is 232 g/mol. The van der Waals surface area contributed by atoms with Crippen molar-refractivity contribution in [3.8, 4) is 16.9 Å². The molecule has 0 spiro atoms. The van der Waals surface area contributed by atoms with Crippen LogP contribution in [0.25, 0.3) is 11.1 Å². The summed E-state index contributed by atoms with van der Waals surface area (Å²) in [6, 6.07) is 6.60. The molecule has 0 atom stereocenters. The van der Waals surface area contributed by atoms with Crippen LogP contribution in [0.5, 0.6) is 5.75 Å². The molecule has 5 nitrogen and oxygen atoms in total. The van der Waals surface area contributed by atoms with Crippen LogP contribution in [0.1, 0.15) is 5.56 Å². The van der Waals surface area contributed by atoms with Crippen molar-refractivity contribution in [1.29, 1.82) is 0 Å². The summed E-state index contributed by atoms with van der Waals surface area (Å²) in [5.74, 6) is 0.745. The van der Waals surface area contributed by atoms with Crippen molar-refractivity contribution in [3.05, 3.63) is 50.5 Å². The molecule has 2 N–H and O–H groups in total. The van der Waals surface area contributed by atoms with E-state index in [9.17, 15) is 9.59 Å². The molecular formula is C12H12N2O3. The van der Waals surface area contributed by atoms with Crippen LogP contribution in [-0.2, 0) is 0 Å². The number of methoxy groups -OCH3 is 1. The second kappa shape index (κ2) is 4.29. The van der Waals surface area contributed by atoms with Gasteiger partial charge in [-0.3, -0.25) is 19.8 Å². The third-order valence-corrected chi connectivity index (χ3v) is 2.53. The molecule has 0 aliphatic rings. The maximum absolute atomic E-state index is 11.6. The molecule has 0 saturated heterocycles. The molecule has 0 unspecified atom stereocenters. The fraction of sp³-hybridized carbons (Fsp3) is 0.167. The van der Waals surface area contributed by atoms with Gasteiger partial charge in [-0.1, -0.05) is 6.07 Å². The molecule has 0 saturated carbocycles. The molecule has 5 heteroatoms. The number of aromatic nitrogens is 2. The summed E-state index contributed by atoms with van der Waals surface area (Å²) in [6.07, 6.45) is 0. The summed E-state index contributed by atoms with van der Waals surface area (Å²) in [7, 11) is 1.59. The van der Waals surface area contributed by atoms with Crippen LogP contribution in [0.4, 0.5) is 0 Å². The van der Waals surface area contributed by atoms with Crippen molar-refractivity contribution in [2.24, 2.45) is 0 Å². The molecule has 0 radical (unpaired) electrons. The third-order valence-electron chi connectivity index (χ3n) is 2.53. The lowest BCUT2D eigenvalue weighted by atomic mass is 10.0. The van der Waals surface area contributed by atoms with Crippen molar-refractivity contribution in [3.63, 3.8) is 0 Å². The average Bonchev–Trinajstić information content (AvgIpc) is 2.32. The van der Waals surface area contributed by atoms with Gasteiger partial charge in [0.1, 0.15) is 5.75 Å². The minimum absolute atomic E-state index is 0.325. The van der Waals surface area contributed by atoms with Crippen LogP contribution in [-0.4, -0.2) is 17.3 Å². The first-order valence-corrected chi connectivity index (χ1v) is 5.09. The van der Waals surface area contributed by atoms with Gasteiger partial charge in [0.05, 0.1) is 12.7 Å². The molecule has 2 aromatic rings. The SMILES string of the molecule is COc1ccc(-c2cc(=O)[nH][nH]c2=O)cc1C. The van der Waals surface area contributed by atoms with E-state index in [0.29, 0.717) is 11.1 Å². The van der Waals surface area contributed by atoms with Gasteiger partial charge in [0.25, 0.3) is 11.1 Å². The minimum Gasteiger partial charge on any atom is -0.496 e. The number of aryl methyl sites for hydroxylation is 1. The minimum atomic E-state index is -0.340. The Labute approximate surface area is 97.1 Å². The lowest BCUT2D eigenvalue weighted by Gasteiger charge is -2.06. The Hall–Kier alpha value is -2.30. The van der Waals surface area contributed by atoms with E-state index in [1.165, 1.54) is 6.07 Å². The number of aromatic amines is 2. The molecule has 0 fully saturated rings. The predicted octanol–water partition coefficient (Wildman–Crippen LogP) is 1.05. The smallest absolute Gasteiger partial charge is 0.270 e. The Morgan fingerprint density at radius 1 is 1.12 bits per heavy atom. The second-order valence-corrected chi connectivity index (χ2v) is 3.69. The Kier molecular flexibility index (Phi) is 2.82. The number of ether oxygens (including phenoxy) is 1. The topological polar surface area (TPSA) is 75.0 Å². The van der Waals surface area contributed by atoms with Crippen molar-refractivity contribution in [2.45, 2.75) is 6.92 Å². The van der Waals surface area contributed by atoms with E-state index in [2.05, 4.69) is 10.2 Å². The Morgan fingerprint density at radius 2 is 1.88 bits per heavy atom. The van der Waals surface area contributed by atoms with E-state index < -0.39 is 0 Å². The van der Waals surface area contributed by atoms with Crippen LogP contribution in [0.15, 0.2) is 33.9 Å². The molecule has 2 rings (SSSR count). The molecule has 17 heavy (non-hydrogen) atoms. The third kappa shape index (κ3) is 2.13. The van der Waals surface area contributed by atoms with Crippen molar-refractivity contribution >= 4 is 0 Å². The molecular weight excluding hydrogens is 220 g/mol. The van der Waals surface area contributed by atoms with Gasteiger partial charge in [-0.25, -0.2) is 0 Å². The maximum atomic E-state index is 11.6. The van der Waals surface area contributed by atoms with Crippen molar-refractivity contribution < 1.29 is 4.74 Å². The lowest BCUT2D eigenvalue weighted by Crippen LogP contribution is -2.19. The second-order valence-electron chi connectivity index (χ2n) is 3.69. The molecule has 1 aromatic heterocycles. The van der Waals surface area contributed by atoms with Crippen LogP contribution >= 0.6 is 0 Å². The van der Waals surface area contributed by atoms with Gasteiger partial charge in [0.15, 0.2) is 0 Å². The van der Waals surface area contributed by atoms with Gasteiger partial charge in [-0.05, 0) is 30.2 Å². The number of nitrogens with one attached hydrogen (secondary N) is 2. The quantitative estimate of drug-likeness (QED) is 0.812. The fourth-order valence-corrected chi connectivity index (χ4v) is 1.68. The first-order chi connectivity index (χ1) is 8.11. The fourth-order valence-electron chi connectivity index (χ4n) is 1.68. The summed E-state index contributed by atoms with van der Waals surface area (Å²) >= 11 is 0. The highest BCUT2D eigenvalue weighted by Gasteiger charge is 2.06. The largest absolute Gasteiger partial charge is 0.496 e. The zero-order valence-corrected chi connectivity index (χ0v) is 9.53. The Balaban J connectivity index is 2.61. The van der Waals surface area contributed by atoms with E-state index in [1.807, 2.05) is 13.0 Å². The van der Waals surface area contributed by atoms with E-state index in [1.54, 1.807) is 19.2 Å². The zero-order chi connectivity index (χ0) is 12.4. The van der Waals surface area contributed by atoms with E-state index >= 15 is 0 Å².